The molecular weight excluding hydrogens is 182 g/mol. The minimum absolute atomic E-state index is 1.17. The van der Waals surface area contributed by atoms with Gasteiger partial charge in [-0.3, -0.25) is 4.89 Å². The molecule has 3 heteroatoms. The summed E-state index contributed by atoms with van der Waals surface area (Å²) in [5.74, 6) is 0. The molecule has 0 N–H and O–H groups in total. The van der Waals surface area contributed by atoms with Crippen LogP contribution in [-0.2, 0) is 0 Å². The van der Waals surface area contributed by atoms with Gasteiger partial charge in [-0.2, -0.15) is 0 Å². The van der Waals surface area contributed by atoms with Gasteiger partial charge in [-0.25, -0.2) is 0 Å². The van der Waals surface area contributed by atoms with Gasteiger partial charge in [-0.05, 0) is 6.42 Å². The van der Waals surface area contributed by atoms with E-state index >= 15 is 0 Å². The number of unbranched alkanes of at least 4 members (excludes halogenated alkanes) is 2. The number of nitrogens with zero attached hydrogens (tertiary/aromatic N) is 1. The normalized spacial score (nSPS) is 7.00. The molecule has 0 aromatic rings. The molecule has 0 fully saturated rings. The largest absolute Gasteiger partial charge is 0.289 e. The fourth-order valence-corrected chi connectivity index (χ4v) is 0.741. The molecule has 1 nitrogen and oxygen atoms in total. The maximum Gasteiger partial charge on any atom is 0.176 e. The smallest absolute Gasteiger partial charge is 0.176 e. The zero-order chi connectivity index (χ0) is 6.83. The highest BCUT2D eigenvalue weighted by Gasteiger charge is 1.76. The number of hydrogen-bond acceptors (Lipinski definition) is 1. The van der Waals surface area contributed by atoms with Crippen molar-refractivity contribution in [3.8, 4) is 0 Å². The Labute approximate surface area is 62.6 Å². The van der Waals surface area contributed by atoms with E-state index in [2.05, 4.69) is 22.9 Å². The predicted molar refractivity (Wildman–Crippen MR) is 42.2 cm³/mol. The van der Waals surface area contributed by atoms with Crippen LogP contribution in [0.1, 0.15) is 26.2 Å². The van der Waals surface area contributed by atoms with Gasteiger partial charge in [-0.15, -0.1) is 0 Å². The van der Waals surface area contributed by atoms with Crippen molar-refractivity contribution in [2.24, 2.45) is 0 Å². The maximum absolute atomic E-state index is 6.92. The highest BCUT2D eigenvalue weighted by atomic mass is 79.9. The van der Waals surface area contributed by atoms with Crippen molar-refractivity contribution in [2.75, 3.05) is 5.33 Å². The van der Waals surface area contributed by atoms with E-state index in [0.29, 0.717) is 0 Å². The van der Waals surface area contributed by atoms with Gasteiger partial charge in [0.05, 0.1) is 0 Å². The van der Waals surface area contributed by atoms with E-state index in [0.717, 1.165) is 0 Å². The third-order valence-electron chi connectivity index (χ3n) is 0.737. The highest BCUT2D eigenvalue weighted by Crippen LogP contribution is 1.95. The van der Waals surface area contributed by atoms with E-state index in [1.54, 1.807) is 0 Å². The monoisotopic (exact) mass is 193 g/mol. The van der Waals surface area contributed by atoms with E-state index in [4.69, 9.17) is 4.89 Å². The zero-order valence-corrected chi connectivity index (χ0v) is 7.97. The van der Waals surface area contributed by atoms with Crippen molar-refractivity contribution < 1.29 is 0 Å². The first kappa shape index (κ1) is 11.2. The van der Waals surface area contributed by atoms with Crippen LogP contribution in [0.15, 0.2) is 0 Å². The Morgan fingerprint density at radius 2 is 1.88 bits per heavy atom. The molecule has 0 heterocycles. The number of rotatable bonds is 3. The lowest BCUT2D eigenvalue weighted by Gasteiger charge is -1.85. The first-order chi connectivity index (χ1) is 3.91. The van der Waals surface area contributed by atoms with Gasteiger partial charge < -0.3 is 0 Å². The second-order valence-electron chi connectivity index (χ2n) is 1.40. The number of halogens is 1. The van der Waals surface area contributed by atoms with Crippen molar-refractivity contribution in [3.05, 3.63) is 0 Å². The molecular formula is C5H12BrNSi. The average Bonchev–Trinajstić information content (AvgIpc) is 1.88. The third kappa shape index (κ3) is 16.1. The van der Waals surface area contributed by atoms with Crippen LogP contribution in [0.25, 0.3) is 0 Å². The van der Waals surface area contributed by atoms with Gasteiger partial charge in [0.25, 0.3) is 0 Å². The topological polar surface area (TPSA) is 23.8 Å². The zero-order valence-electron chi connectivity index (χ0n) is 5.23. The van der Waals surface area contributed by atoms with Crippen molar-refractivity contribution >= 4 is 25.8 Å². The lowest BCUT2D eigenvalue weighted by molar-refractivity contribution is 0.781. The molecule has 0 aliphatic carbocycles. The van der Waals surface area contributed by atoms with Crippen LogP contribution in [0.5, 0.6) is 0 Å². The molecule has 0 radical (unpaired) electrons. The molecule has 0 bridgehead atoms. The van der Waals surface area contributed by atoms with Crippen molar-refractivity contribution in [1.82, 2.24) is 0 Å². The van der Waals surface area contributed by atoms with Crippen LogP contribution >= 0.6 is 15.9 Å². The molecule has 0 aromatic heterocycles. The van der Waals surface area contributed by atoms with Gasteiger partial charge in [0.2, 0.25) is 0 Å². The summed E-state index contributed by atoms with van der Waals surface area (Å²) >= 11 is 3.35. The molecule has 0 saturated carbocycles. The van der Waals surface area contributed by atoms with Crippen LogP contribution in [0.4, 0.5) is 0 Å². The van der Waals surface area contributed by atoms with E-state index in [1.165, 1.54) is 34.5 Å². The summed E-state index contributed by atoms with van der Waals surface area (Å²) in [7, 11) is 1.42. The summed E-state index contributed by atoms with van der Waals surface area (Å²) < 4.78 is 0. The van der Waals surface area contributed by atoms with Gasteiger partial charge in [0.15, 0.2) is 9.88 Å². The highest BCUT2D eigenvalue weighted by molar-refractivity contribution is 9.09. The van der Waals surface area contributed by atoms with E-state index in [9.17, 15) is 0 Å². The number of alkyl halides is 1. The molecule has 8 heavy (non-hydrogen) atoms. The van der Waals surface area contributed by atoms with Gasteiger partial charge >= 0.3 is 0 Å². The van der Waals surface area contributed by atoms with Gasteiger partial charge in [-0.1, -0.05) is 35.7 Å². The van der Waals surface area contributed by atoms with Crippen LogP contribution in [0.3, 0.4) is 0 Å². The Bertz CT molecular complexity index is 42.9. The van der Waals surface area contributed by atoms with Crippen LogP contribution < -0.4 is 0 Å². The Kier molecular flexibility index (Phi) is 22.0. The molecule has 0 aromatic carbocycles. The molecule has 48 valence electrons. The minimum atomic E-state index is 1.17. The van der Waals surface area contributed by atoms with Crippen LogP contribution in [0.2, 0.25) is 0 Å². The molecule has 0 atom stereocenters. The van der Waals surface area contributed by atoms with Crippen molar-refractivity contribution in [2.45, 2.75) is 26.2 Å². The Balaban J connectivity index is 0. The van der Waals surface area contributed by atoms with E-state index in [-0.39, 0.29) is 0 Å². The summed E-state index contributed by atoms with van der Waals surface area (Å²) in [5.41, 5.74) is 0. The fourth-order valence-electron chi connectivity index (χ4n) is 0.344. The predicted octanol–water partition coefficient (Wildman–Crippen LogP) is 1.94. The lowest BCUT2D eigenvalue weighted by atomic mass is 10.3. The van der Waals surface area contributed by atoms with E-state index < -0.39 is 0 Å². The number of hydrogen-bond donors (Lipinski definition) is 0. The first-order valence-corrected chi connectivity index (χ1v) is 4.37. The standard InChI is InChI=1S/C5H11Br.HNSi/c1-2-3-4-5-6;1-2/h2-5H2,1H3;2H. The molecule has 0 aliphatic rings. The Hall–Kier alpha value is 0.407. The summed E-state index contributed by atoms with van der Waals surface area (Å²) in [6.45, 7) is 2.21. The fraction of sp³-hybridized carbons (Fsp3) is 1.00. The first-order valence-electron chi connectivity index (χ1n) is 2.73. The quantitative estimate of drug-likeness (QED) is 0.382. The summed E-state index contributed by atoms with van der Waals surface area (Å²) in [4.78, 5) is 6.92. The molecule has 0 unspecified atom stereocenters. The summed E-state index contributed by atoms with van der Waals surface area (Å²) in [5, 5.41) is 1.17. The molecule has 0 saturated heterocycles. The summed E-state index contributed by atoms with van der Waals surface area (Å²) in [6.07, 6.45) is 4.02. The second-order valence-corrected chi connectivity index (χ2v) is 2.19. The van der Waals surface area contributed by atoms with Gasteiger partial charge in [0.1, 0.15) is 0 Å². The van der Waals surface area contributed by atoms with E-state index in [1.807, 2.05) is 0 Å². The van der Waals surface area contributed by atoms with Gasteiger partial charge in [0, 0.05) is 5.33 Å². The maximum atomic E-state index is 6.92. The van der Waals surface area contributed by atoms with Crippen molar-refractivity contribution in [3.63, 3.8) is 0 Å². The minimum Gasteiger partial charge on any atom is -0.289 e. The van der Waals surface area contributed by atoms with Crippen molar-refractivity contribution in [1.29, 1.82) is 4.89 Å². The third-order valence-corrected chi connectivity index (χ3v) is 1.30. The summed E-state index contributed by atoms with van der Waals surface area (Å²) in [6, 6.07) is 0. The SMILES string of the molecule is CCCCCBr.N#[SiH]. The Morgan fingerprint density at radius 3 is 2.00 bits per heavy atom. The molecule has 0 aliphatic heterocycles. The van der Waals surface area contributed by atoms with Crippen LogP contribution in [-0.4, -0.2) is 15.2 Å². The lowest BCUT2D eigenvalue weighted by Crippen LogP contribution is -1.70. The molecule has 0 rings (SSSR count). The van der Waals surface area contributed by atoms with Crippen LogP contribution in [0, 0.1) is 4.89 Å². The molecule has 0 amide bonds. The Morgan fingerprint density at radius 1 is 1.38 bits per heavy atom. The molecule has 0 spiro atoms. The average molecular weight is 194 g/mol. The second kappa shape index (κ2) is 15.7.